The quantitative estimate of drug-likeness (QED) is 0.204. The van der Waals surface area contributed by atoms with Crippen molar-refractivity contribution in [3.63, 3.8) is 0 Å². The molecule has 1 unspecified atom stereocenters. The fourth-order valence-electron chi connectivity index (χ4n) is 6.63. The normalized spacial score (nSPS) is 16.7. The fourth-order valence-corrected chi connectivity index (χ4v) is 6.63. The van der Waals surface area contributed by atoms with Gasteiger partial charge in [0.1, 0.15) is 31.0 Å². The van der Waals surface area contributed by atoms with Crippen LogP contribution >= 0.6 is 0 Å². The van der Waals surface area contributed by atoms with Crippen LogP contribution in [0.4, 0.5) is 4.79 Å². The molecule has 13 nitrogen and oxygen atoms in total. The zero-order chi connectivity index (χ0) is 35.9. The largest absolute Gasteiger partial charge is 0.448 e. The Labute approximate surface area is 296 Å². The van der Waals surface area contributed by atoms with Crippen LogP contribution in [-0.2, 0) is 25.6 Å². The number of nitrogens with one attached hydrogen (secondary N) is 1. The Morgan fingerprint density at radius 3 is 2.35 bits per heavy atom. The average Bonchev–Trinajstić information content (AvgIpc) is 3.89. The van der Waals surface area contributed by atoms with Gasteiger partial charge in [-0.2, -0.15) is 4.68 Å². The van der Waals surface area contributed by atoms with Crippen molar-refractivity contribution in [3.05, 3.63) is 90.0 Å². The Morgan fingerprint density at radius 2 is 1.67 bits per heavy atom. The van der Waals surface area contributed by atoms with Crippen molar-refractivity contribution in [2.75, 3.05) is 26.8 Å². The summed E-state index contributed by atoms with van der Waals surface area (Å²) in [5.74, 6) is 1.98. The lowest BCUT2D eigenvalue weighted by molar-refractivity contribution is -0.142. The van der Waals surface area contributed by atoms with Crippen molar-refractivity contribution in [1.29, 1.82) is 0 Å². The maximum absolute atomic E-state index is 14.2. The van der Waals surface area contributed by atoms with Crippen molar-refractivity contribution < 1.29 is 28.6 Å². The first-order chi connectivity index (χ1) is 24.8. The minimum Gasteiger partial charge on any atom is -0.448 e. The highest BCUT2D eigenvalue weighted by Gasteiger charge is 2.39. The van der Waals surface area contributed by atoms with E-state index in [1.807, 2.05) is 54.6 Å². The van der Waals surface area contributed by atoms with Crippen molar-refractivity contribution in [2.45, 2.75) is 63.4 Å². The van der Waals surface area contributed by atoms with Crippen LogP contribution in [0.1, 0.15) is 43.7 Å². The monoisotopic (exact) mass is 691 g/mol. The summed E-state index contributed by atoms with van der Waals surface area (Å²) in [4.78, 5) is 44.0. The molecule has 4 aromatic rings. The van der Waals surface area contributed by atoms with Gasteiger partial charge in [-0.3, -0.25) is 14.5 Å². The smallest absolute Gasteiger partial charge is 0.410 e. The molecule has 1 aliphatic carbocycles. The molecule has 264 valence electrons. The summed E-state index contributed by atoms with van der Waals surface area (Å²) in [7, 11) is 1.50. The number of fused-ring (bicyclic) bond motifs is 3. The van der Waals surface area contributed by atoms with Crippen LogP contribution in [0.15, 0.2) is 78.9 Å². The van der Waals surface area contributed by atoms with Gasteiger partial charge in [0.2, 0.25) is 11.8 Å². The van der Waals surface area contributed by atoms with E-state index >= 15 is 0 Å². The average molecular weight is 692 g/mol. The molecule has 1 fully saturated rings. The van der Waals surface area contributed by atoms with E-state index in [-0.39, 0.29) is 43.6 Å². The first-order valence-electron chi connectivity index (χ1n) is 17.0. The van der Waals surface area contributed by atoms with E-state index in [1.165, 1.54) is 16.6 Å². The van der Waals surface area contributed by atoms with Gasteiger partial charge in [-0.05, 0) is 71.5 Å². The van der Waals surface area contributed by atoms with Crippen molar-refractivity contribution >= 4 is 17.9 Å². The Hall–Kier alpha value is -5.74. The molecule has 0 saturated carbocycles. The van der Waals surface area contributed by atoms with Crippen molar-refractivity contribution in [1.82, 2.24) is 35.3 Å². The molecular formula is C38H41N7O6. The molecule has 3 aromatic carbocycles. The highest BCUT2D eigenvalue weighted by molar-refractivity contribution is 5.91. The van der Waals surface area contributed by atoms with Crippen LogP contribution in [0, 0.1) is 12.3 Å². The molecule has 6 rings (SSSR count). The van der Waals surface area contributed by atoms with Crippen LogP contribution in [0.3, 0.4) is 0 Å². The third-order valence-electron chi connectivity index (χ3n) is 9.54. The van der Waals surface area contributed by atoms with Crippen molar-refractivity contribution in [2.24, 2.45) is 0 Å². The van der Waals surface area contributed by atoms with E-state index in [1.54, 1.807) is 30.9 Å². The molecule has 1 N–H and O–H groups in total. The molecule has 1 saturated heterocycles. The summed E-state index contributed by atoms with van der Waals surface area (Å²) in [6.45, 7) is 4.06. The number of tetrazole rings is 1. The molecule has 1 aromatic heterocycles. The zero-order valence-corrected chi connectivity index (χ0v) is 28.8. The zero-order valence-electron chi connectivity index (χ0n) is 28.8. The Morgan fingerprint density at radius 1 is 1.00 bits per heavy atom. The SMILES string of the molecule is C#CCO[C@H](C)C(NC(=O)[C@H](C)N(C)C(=O)OCC1c2ccccc2-c2ccccc21)C(=O)N1CCC[C@H]1Cn1nnnc1Oc1ccccc1. The summed E-state index contributed by atoms with van der Waals surface area (Å²) >= 11 is 0. The summed E-state index contributed by atoms with van der Waals surface area (Å²) in [5.41, 5.74) is 4.41. The topological polar surface area (TPSA) is 141 Å². The van der Waals surface area contributed by atoms with E-state index in [9.17, 15) is 14.4 Å². The number of para-hydroxylation sites is 1. The second kappa shape index (κ2) is 15.9. The molecule has 3 amide bonds. The first kappa shape index (κ1) is 35.1. The fraction of sp³-hybridized carbons (Fsp3) is 0.368. The minimum absolute atomic E-state index is 0.0513. The van der Waals surface area contributed by atoms with Crippen LogP contribution in [0.5, 0.6) is 11.8 Å². The third kappa shape index (κ3) is 7.71. The minimum atomic E-state index is -1.08. The summed E-state index contributed by atoms with van der Waals surface area (Å²) in [6.07, 6.45) is 5.45. The van der Waals surface area contributed by atoms with E-state index in [4.69, 9.17) is 20.6 Å². The number of amides is 3. The van der Waals surface area contributed by atoms with Gasteiger partial charge in [0.15, 0.2) is 0 Å². The maximum atomic E-state index is 14.2. The van der Waals surface area contributed by atoms with Gasteiger partial charge in [-0.25, -0.2) is 4.79 Å². The summed E-state index contributed by atoms with van der Waals surface area (Å²) in [6, 6.07) is 23.1. The summed E-state index contributed by atoms with van der Waals surface area (Å²) in [5, 5.41) is 14.7. The number of ether oxygens (including phenoxy) is 3. The molecular weight excluding hydrogens is 650 g/mol. The number of benzene rings is 3. The lowest BCUT2D eigenvalue weighted by Crippen LogP contribution is -2.58. The van der Waals surface area contributed by atoms with Gasteiger partial charge in [0, 0.05) is 19.5 Å². The van der Waals surface area contributed by atoms with Crippen LogP contribution in [0.2, 0.25) is 0 Å². The Kier molecular flexibility index (Phi) is 10.9. The van der Waals surface area contributed by atoms with Gasteiger partial charge >= 0.3 is 12.1 Å². The first-order valence-corrected chi connectivity index (χ1v) is 17.0. The number of aromatic nitrogens is 4. The number of terminal acetylenes is 1. The number of likely N-dealkylation sites (N-methyl/N-ethyl adjacent to an activating group) is 1. The lowest BCUT2D eigenvalue weighted by atomic mass is 9.98. The van der Waals surface area contributed by atoms with Gasteiger partial charge in [0.25, 0.3) is 0 Å². The lowest BCUT2D eigenvalue weighted by Gasteiger charge is -2.33. The van der Waals surface area contributed by atoms with E-state index in [0.29, 0.717) is 18.7 Å². The third-order valence-corrected chi connectivity index (χ3v) is 9.54. The van der Waals surface area contributed by atoms with E-state index in [2.05, 4.69) is 38.9 Å². The number of nitrogens with zero attached hydrogens (tertiary/aromatic N) is 6. The molecule has 1 aliphatic heterocycles. The van der Waals surface area contributed by atoms with Gasteiger partial charge in [-0.15, -0.1) is 6.42 Å². The van der Waals surface area contributed by atoms with E-state index in [0.717, 1.165) is 28.7 Å². The molecule has 0 radical (unpaired) electrons. The van der Waals surface area contributed by atoms with Gasteiger partial charge in [-0.1, -0.05) is 77.7 Å². The molecule has 2 heterocycles. The predicted octanol–water partition coefficient (Wildman–Crippen LogP) is 4.25. The van der Waals surface area contributed by atoms with Gasteiger partial charge in [0.05, 0.1) is 18.7 Å². The number of likely N-dealkylation sites (tertiary alicyclic amines) is 1. The highest BCUT2D eigenvalue weighted by atomic mass is 16.6. The van der Waals surface area contributed by atoms with E-state index < -0.39 is 30.2 Å². The number of hydrogen-bond donors (Lipinski definition) is 1. The second-order valence-corrected chi connectivity index (χ2v) is 12.7. The molecule has 2 aliphatic rings. The van der Waals surface area contributed by atoms with Crippen LogP contribution in [0.25, 0.3) is 11.1 Å². The Bertz CT molecular complexity index is 1850. The van der Waals surface area contributed by atoms with Crippen LogP contribution in [-0.4, -0.2) is 99.0 Å². The van der Waals surface area contributed by atoms with Crippen LogP contribution < -0.4 is 10.1 Å². The second-order valence-electron chi connectivity index (χ2n) is 12.7. The summed E-state index contributed by atoms with van der Waals surface area (Å²) < 4.78 is 18.9. The number of carbonyl (C=O) groups excluding carboxylic acids is 3. The number of carbonyl (C=O) groups is 3. The van der Waals surface area contributed by atoms with Gasteiger partial charge < -0.3 is 24.4 Å². The standard InChI is InChI=1S/C38H41N7O6/c1-5-22-49-26(3)34(36(47)44-21-13-14-27(44)23-45-37(40-41-42-45)51-28-15-7-6-8-16-28)39-35(46)25(2)43(4)38(48)50-24-33-31-19-11-9-17-29(31)30-18-10-12-20-32(30)33/h1,6-12,15-20,25-27,33-34H,13-14,21-24H2,2-4H3,(H,39,46)/t25-,26+,27-,34?/m0/s1. The maximum Gasteiger partial charge on any atom is 0.410 e. The number of rotatable bonds is 13. The molecule has 0 bridgehead atoms. The number of hydrogen-bond acceptors (Lipinski definition) is 9. The molecule has 0 spiro atoms. The predicted molar refractivity (Wildman–Crippen MR) is 188 cm³/mol. The molecule has 4 atom stereocenters. The highest BCUT2D eigenvalue weighted by Crippen LogP contribution is 2.44. The molecule has 51 heavy (non-hydrogen) atoms. The van der Waals surface area contributed by atoms with Crippen molar-refractivity contribution in [3.8, 4) is 35.2 Å². The molecule has 13 heteroatoms. The Balaban J connectivity index is 1.10.